The number of fused-ring (bicyclic) bond motifs is 1. The van der Waals surface area contributed by atoms with Gasteiger partial charge in [0.2, 0.25) is 5.91 Å². The van der Waals surface area contributed by atoms with Gasteiger partial charge in [-0.3, -0.25) is 9.69 Å². The van der Waals surface area contributed by atoms with E-state index in [1.54, 1.807) is 30.5 Å². The van der Waals surface area contributed by atoms with Crippen LogP contribution in [0.15, 0.2) is 42.5 Å². The van der Waals surface area contributed by atoms with Crippen LogP contribution in [-0.4, -0.2) is 61.6 Å². The number of nitrogens with zero attached hydrogens (tertiary/aromatic N) is 3. The van der Waals surface area contributed by atoms with E-state index in [9.17, 15) is 4.79 Å². The molecule has 0 spiro atoms. The van der Waals surface area contributed by atoms with Crippen LogP contribution in [-0.2, 0) is 11.3 Å². The lowest BCUT2D eigenvalue weighted by Crippen LogP contribution is -2.41. The molecular formula is C24H29N3O3S. The van der Waals surface area contributed by atoms with Crippen LogP contribution in [0, 0.1) is 0 Å². The largest absolute Gasteiger partial charge is 0.493 e. The number of piperidine rings is 1. The summed E-state index contributed by atoms with van der Waals surface area (Å²) in [7, 11) is 5.09. The van der Waals surface area contributed by atoms with Crippen LogP contribution in [0.25, 0.3) is 10.2 Å². The molecule has 1 aliphatic heterocycles. The minimum absolute atomic E-state index is 0.133. The van der Waals surface area contributed by atoms with Crippen molar-refractivity contribution in [2.24, 2.45) is 0 Å². The average molecular weight is 440 g/mol. The molecule has 164 valence electrons. The third kappa shape index (κ3) is 4.99. The molecule has 31 heavy (non-hydrogen) atoms. The van der Waals surface area contributed by atoms with E-state index >= 15 is 0 Å². The normalized spacial score (nSPS) is 15.2. The first-order valence-electron chi connectivity index (χ1n) is 10.6. The molecule has 1 aliphatic rings. The number of para-hydroxylation sites is 1. The van der Waals surface area contributed by atoms with Gasteiger partial charge in [0.05, 0.1) is 36.0 Å². The Bertz CT molecular complexity index is 1010. The van der Waals surface area contributed by atoms with Gasteiger partial charge < -0.3 is 14.4 Å². The highest BCUT2D eigenvalue weighted by Crippen LogP contribution is 2.33. The van der Waals surface area contributed by atoms with Crippen molar-refractivity contribution in [2.75, 3.05) is 40.9 Å². The predicted octanol–water partition coefficient (Wildman–Crippen LogP) is 4.15. The number of ether oxygens (including phenoxy) is 2. The summed E-state index contributed by atoms with van der Waals surface area (Å²) >= 11 is 1.81. The molecule has 0 aliphatic carbocycles. The van der Waals surface area contributed by atoms with Crippen LogP contribution in [0.2, 0.25) is 0 Å². The van der Waals surface area contributed by atoms with Crippen LogP contribution in [0.5, 0.6) is 11.5 Å². The molecule has 3 aromatic rings. The molecule has 6 nitrogen and oxygen atoms in total. The highest BCUT2D eigenvalue weighted by molar-refractivity contribution is 7.18. The van der Waals surface area contributed by atoms with Crippen molar-refractivity contribution in [3.63, 3.8) is 0 Å². The lowest BCUT2D eigenvalue weighted by molar-refractivity contribution is -0.131. The van der Waals surface area contributed by atoms with Gasteiger partial charge in [-0.25, -0.2) is 4.98 Å². The molecule has 7 heteroatoms. The van der Waals surface area contributed by atoms with E-state index in [4.69, 9.17) is 14.5 Å². The molecule has 0 bridgehead atoms. The third-order valence-electron chi connectivity index (χ3n) is 5.90. The van der Waals surface area contributed by atoms with E-state index in [0.29, 0.717) is 30.5 Å². The summed E-state index contributed by atoms with van der Waals surface area (Å²) in [5, 5.41) is 1.23. The molecule has 1 saturated heterocycles. The number of carbonyl (C=O) groups is 1. The van der Waals surface area contributed by atoms with Gasteiger partial charge >= 0.3 is 0 Å². The van der Waals surface area contributed by atoms with Gasteiger partial charge in [0.15, 0.2) is 11.5 Å². The van der Waals surface area contributed by atoms with Crippen LogP contribution >= 0.6 is 11.3 Å². The van der Waals surface area contributed by atoms with Gasteiger partial charge in [0, 0.05) is 19.5 Å². The highest BCUT2D eigenvalue weighted by Gasteiger charge is 2.25. The minimum Gasteiger partial charge on any atom is -0.493 e. The summed E-state index contributed by atoms with van der Waals surface area (Å²) in [5.74, 6) is 2.00. The van der Waals surface area contributed by atoms with Crippen LogP contribution in [0.4, 0.5) is 0 Å². The number of benzene rings is 2. The molecule has 0 atom stereocenters. The molecule has 1 fully saturated rings. The predicted molar refractivity (Wildman–Crippen MR) is 124 cm³/mol. The molecule has 0 radical (unpaired) electrons. The Morgan fingerprint density at radius 1 is 1.13 bits per heavy atom. The Balaban J connectivity index is 1.29. The van der Waals surface area contributed by atoms with Crippen LogP contribution in [0.1, 0.15) is 29.3 Å². The number of carbonyl (C=O) groups excluding carboxylic acids is 1. The standard InChI is InChI=1S/C24H29N3O3S/c1-26(15-17-8-9-20(29-2)21(14-17)30-3)23(28)16-27-12-10-18(11-13-27)24-25-19-6-4-5-7-22(19)31-24/h4-9,14,18H,10-13,15-16H2,1-3H3. The zero-order chi connectivity index (χ0) is 21.8. The van der Waals surface area contributed by atoms with Gasteiger partial charge in [-0.15, -0.1) is 11.3 Å². The molecule has 2 aromatic carbocycles. The number of likely N-dealkylation sites (N-methyl/N-ethyl adjacent to an activating group) is 1. The number of methoxy groups -OCH3 is 2. The lowest BCUT2D eigenvalue weighted by atomic mass is 9.97. The molecule has 1 aromatic heterocycles. The van der Waals surface area contributed by atoms with E-state index in [2.05, 4.69) is 23.1 Å². The third-order valence-corrected chi connectivity index (χ3v) is 7.10. The Kier molecular flexibility index (Phi) is 6.73. The lowest BCUT2D eigenvalue weighted by Gasteiger charge is -2.31. The van der Waals surface area contributed by atoms with Crippen molar-refractivity contribution in [3.05, 3.63) is 53.0 Å². The quantitative estimate of drug-likeness (QED) is 0.554. The van der Waals surface area contributed by atoms with E-state index in [1.807, 2.05) is 31.3 Å². The number of hydrogen-bond donors (Lipinski definition) is 0. The number of rotatable bonds is 7. The van der Waals surface area contributed by atoms with Gasteiger partial charge in [-0.2, -0.15) is 0 Å². The average Bonchev–Trinajstić information content (AvgIpc) is 3.23. The van der Waals surface area contributed by atoms with E-state index in [0.717, 1.165) is 37.0 Å². The zero-order valence-electron chi connectivity index (χ0n) is 18.3. The maximum Gasteiger partial charge on any atom is 0.236 e. The van der Waals surface area contributed by atoms with Crippen molar-refractivity contribution < 1.29 is 14.3 Å². The van der Waals surface area contributed by atoms with Gasteiger partial charge in [-0.05, 0) is 55.8 Å². The topological polar surface area (TPSA) is 54.9 Å². The zero-order valence-corrected chi connectivity index (χ0v) is 19.2. The van der Waals surface area contributed by atoms with Crippen LogP contribution < -0.4 is 9.47 Å². The maximum absolute atomic E-state index is 12.8. The van der Waals surface area contributed by atoms with Crippen molar-refractivity contribution in [2.45, 2.75) is 25.3 Å². The summed E-state index contributed by atoms with van der Waals surface area (Å²) < 4.78 is 11.9. The number of hydrogen-bond acceptors (Lipinski definition) is 6. The monoisotopic (exact) mass is 439 g/mol. The van der Waals surface area contributed by atoms with Gasteiger partial charge in [0.1, 0.15) is 0 Å². The number of aromatic nitrogens is 1. The maximum atomic E-state index is 12.8. The Labute approximate surface area is 187 Å². The van der Waals surface area contributed by atoms with E-state index in [1.165, 1.54) is 9.71 Å². The summed E-state index contributed by atoms with van der Waals surface area (Å²) in [6, 6.07) is 14.1. The molecule has 0 N–H and O–H groups in total. The molecule has 0 unspecified atom stereocenters. The van der Waals surface area contributed by atoms with Crippen molar-refractivity contribution in [1.82, 2.24) is 14.8 Å². The molecule has 4 rings (SSSR count). The highest BCUT2D eigenvalue weighted by atomic mass is 32.1. The van der Waals surface area contributed by atoms with Crippen molar-refractivity contribution in [1.29, 1.82) is 0 Å². The first-order valence-corrected chi connectivity index (χ1v) is 11.4. The first kappa shape index (κ1) is 21.6. The van der Waals surface area contributed by atoms with Crippen LogP contribution in [0.3, 0.4) is 0 Å². The fourth-order valence-corrected chi connectivity index (χ4v) is 5.19. The summed E-state index contributed by atoms with van der Waals surface area (Å²) in [4.78, 5) is 21.6. The molecule has 1 amide bonds. The SMILES string of the molecule is COc1ccc(CN(C)C(=O)CN2CCC(c3nc4ccccc4s3)CC2)cc1OC. The minimum atomic E-state index is 0.133. The molecule has 0 saturated carbocycles. The Morgan fingerprint density at radius 2 is 1.87 bits per heavy atom. The summed E-state index contributed by atoms with van der Waals surface area (Å²) in [6.45, 7) is 2.85. The van der Waals surface area contributed by atoms with Crippen molar-refractivity contribution in [3.8, 4) is 11.5 Å². The van der Waals surface area contributed by atoms with E-state index in [-0.39, 0.29) is 5.91 Å². The number of thiazole rings is 1. The second-order valence-corrected chi connectivity index (χ2v) is 9.07. The number of amides is 1. The first-order chi connectivity index (χ1) is 15.1. The fraction of sp³-hybridized carbons (Fsp3) is 0.417. The van der Waals surface area contributed by atoms with E-state index < -0.39 is 0 Å². The van der Waals surface area contributed by atoms with Crippen molar-refractivity contribution >= 4 is 27.5 Å². The second-order valence-electron chi connectivity index (χ2n) is 8.01. The second kappa shape index (κ2) is 9.66. The Hall–Kier alpha value is -2.64. The number of likely N-dealkylation sites (tertiary alicyclic amines) is 1. The molecule has 2 heterocycles. The Morgan fingerprint density at radius 3 is 2.58 bits per heavy atom. The smallest absolute Gasteiger partial charge is 0.236 e. The summed E-state index contributed by atoms with van der Waals surface area (Å²) in [5.41, 5.74) is 2.11. The van der Waals surface area contributed by atoms with Gasteiger partial charge in [-0.1, -0.05) is 18.2 Å². The van der Waals surface area contributed by atoms with Gasteiger partial charge in [0.25, 0.3) is 0 Å². The molecular weight excluding hydrogens is 410 g/mol. The summed E-state index contributed by atoms with van der Waals surface area (Å²) in [6.07, 6.45) is 2.10. The fourth-order valence-electron chi connectivity index (χ4n) is 4.06.